The third-order valence-corrected chi connectivity index (χ3v) is 3.95. The quantitative estimate of drug-likeness (QED) is 0.822. The number of hydrogen-bond donors (Lipinski definition) is 2. The number of carboxylic acids is 1. The molecule has 2 N–H and O–H groups in total. The number of para-hydroxylation sites is 1. The molecule has 0 aliphatic heterocycles. The maximum Gasteiger partial charge on any atom is 0.346 e. The molecule has 2 rings (SSSR count). The Kier molecular flexibility index (Phi) is 5.15. The van der Waals surface area contributed by atoms with Crippen LogP contribution in [0.1, 0.15) is 20.8 Å². The molecule has 0 spiro atoms. The topological polar surface area (TPSA) is 58.6 Å². The van der Waals surface area contributed by atoms with E-state index in [0.717, 1.165) is 17.7 Å². The van der Waals surface area contributed by atoms with Crippen LogP contribution in [0.25, 0.3) is 0 Å². The van der Waals surface area contributed by atoms with Gasteiger partial charge in [-0.1, -0.05) is 18.2 Å². The minimum absolute atomic E-state index is 0.395. The van der Waals surface area contributed by atoms with Gasteiger partial charge >= 0.3 is 5.97 Å². The van der Waals surface area contributed by atoms with Crippen LogP contribution in [0.15, 0.2) is 35.7 Å². The summed E-state index contributed by atoms with van der Waals surface area (Å²) in [6.45, 7) is 1.17. The van der Waals surface area contributed by atoms with Crippen LogP contribution in [-0.4, -0.2) is 24.8 Å². The van der Waals surface area contributed by atoms with Crippen molar-refractivity contribution in [3.63, 3.8) is 0 Å². The van der Waals surface area contributed by atoms with Crippen molar-refractivity contribution in [1.82, 2.24) is 0 Å². The lowest BCUT2D eigenvalue weighted by Gasteiger charge is -2.11. The Balaban J connectivity index is 2.07. The van der Waals surface area contributed by atoms with Crippen molar-refractivity contribution < 1.29 is 14.6 Å². The van der Waals surface area contributed by atoms with Gasteiger partial charge in [0.2, 0.25) is 0 Å². The summed E-state index contributed by atoms with van der Waals surface area (Å²) in [4.78, 5) is 11.5. The van der Waals surface area contributed by atoms with E-state index in [9.17, 15) is 4.79 Å². The molecule has 0 aliphatic carbocycles. The average molecular weight is 291 g/mol. The minimum Gasteiger partial charge on any atom is -0.477 e. The van der Waals surface area contributed by atoms with Gasteiger partial charge in [-0.05, 0) is 35.1 Å². The fraction of sp³-hybridized carbons (Fsp3) is 0.267. The molecule has 20 heavy (non-hydrogen) atoms. The van der Waals surface area contributed by atoms with Crippen LogP contribution < -0.4 is 5.32 Å². The summed E-state index contributed by atoms with van der Waals surface area (Å²) in [5.41, 5.74) is 3.00. The number of methoxy groups -OCH3 is 1. The fourth-order valence-electron chi connectivity index (χ4n) is 1.98. The molecule has 5 heteroatoms. The molecule has 0 radical (unpaired) electrons. The molecule has 0 amide bonds. The normalized spacial score (nSPS) is 10.4. The summed E-state index contributed by atoms with van der Waals surface area (Å²) in [6, 6.07) is 9.84. The van der Waals surface area contributed by atoms with Crippen LogP contribution in [0.4, 0.5) is 5.69 Å². The van der Waals surface area contributed by atoms with Crippen LogP contribution in [0, 0.1) is 0 Å². The van der Waals surface area contributed by atoms with Crippen molar-refractivity contribution in [2.45, 2.75) is 13.0 Å². The Morgan fingerprint density at radius 3 is 2.85 bits per heavy atom. The number of carboxylic acid groups (broad SMARTS) is 1. The maximum absolute atomic E-state index is 11.1. The molecule has 0 saturated carbocycles. The molecular formula is C15H17NO3S. The van der Waals surface area contributed by atoms with Crippen molar-refractivity contribution in [3.8, 4) is 0 Å². The molecule has 0 aliphatic rings. The van der Waals surface area contributed by atoms with Gasteiger partial charge in [-0.3, -0.25) is 0 Å². The first-order valence-corrected chi connectivity index (χ1v) is 7.20. The number of rotatable bonds is 7. The third-order valence-electron chi connectivity index (χ3n) is 3.00. The van der Waals surface area contributed by atoms with E-state index < -0.39 is 5.97 Å². The summed E-state index contributed by atoms with van der Waals surface area (Å²) < 4.78 is 5.10. The summed E-state index contributed by atoms with van der Waals surface area (Å²) in [6.07, 6.45) is 0.828. The van der Waals surface area contributed by atoms with Gasteiger partial charge in [0.15, 0.2) is 0 Å². The van der Waals surface area contributed by atoms with Crippen LogP contribution in [0.2, 0.25) is 0 Å². The van der Waals surface area contributed by atoms with E-state index in [1.807, 2.05) is 30.3 Å². The first-order chi connectivity index (χ1) is 9.72. The highest BCUT2D eigenvalue weighted by Crippen LogP contribution is 2.20. The summed E-state index contributed by atoms with van der Waals surface area (Å²) in [5, 5.41) is 14.2. The average Bonchev–Trinajstić information content (AvgIpc) is 2.92. The van der Waals surface area contributed by atoms with Gasteiger partial charge in [-0.25, -0.2) is 4.79 Å². The SMILES string of the molecule is COCCc1ccccc1NCc1ccsc1C(=O)O. The number of thiophene rings is 1. The predicted molar refractivity (Wildman–Crippen MR) is 80.6 cm³/mol. The van der Waals surface area contributed by atoms with Gasteiger partial charge in [-0.2, -0.15) is 0 Å². The largest absolute Gasteiger partial charge is 0.477 e. The molecule has 0 fully saturated rings. The molecule has 0 atom stereocenters. The molecule has 1 heterocycles. The maximum atomic E-state index is 11.1. The Morgan fingerprint density at radius 1 is 1.30 bits per heavy atom. The number of nitrogens with one attached hydrogen (secondary N) is 1. The molecule has 4 nitrogen and oxygen atoms in total. The van der Waals surface area contributed by atoms with E-state index in [4.69, 9.17) is 9.84 Å². The molecule has 1 aromatic carbocycles. The fourth-order valence-corrected chi connectivity index (χ4v) is 2.74. The summed E-state index contributed by atoms with van der Waals surface area (Å²) in [7, 11) is 1.68. The van der Waals surface area contributed by atoms with E-state index >= 15 is 0 Å². The highest BCUT2D eigenvalue weighted by atomic mass is 32.1. The number of benzene rings is 1. The lowest BCUT2D eigenvalue weighted by molar-refractivity contribution is 0.0701. The zero-order valence-electron chi connectivity index (χ0n) is 11.3. The molecule has 0 bridgehead atoms. The van der Waals surface area contributed by atoms with Crippen LogP contribution >= 0.6 is 11.3 Å². The Bertz CT molecular complexity index is 580. The van der Waals surface area contributed by atoms with Crippen LogP contribution in [0.5, 0.6) is 0 Å². The molecule has 2 aromatic rings. The van der Waals surface area contributed by atoms with Crippen molar-refractivity contribution >= 4 is 23.0 Å². The number of aromatic carboxylic acids is 1. The monoisotopic (exact) mass is 291 g/mol. The van der Waals surface area contributed by atoms with E-state index in [1.54, 1.807) is 12.5 Å². The number of anilines is 1. The van der Waals surface area contributed by atoms with E-state index in [-0.39, 0.29) is 0 Å². The van der Waals surface area contributed by atoms with Crippen LogP contribution in [0.3, 0.4) is 0 Å². The lowest BCUT2D eigenvalue weighted by atomic mass is 10.1. The highest BCUT2D eigenvalue weighted by molar-refractivity contribution is 7.12. The Labute approximate surface area is 122 Å². The zero-order chi connectivity index (χ0) is 14.4. The minimum atomic E-state index is -0.871. The first kappa shape index (κ1) is 14.6. The van der Waals surface area contributed by atoms with Gasteiger partial charge in [0.25, 0.3) is 0 Å². The second-order valence-corrected chi connectivity index (χ2v) is 5.25. The van der Waals surface area contributed by atoms with Gasteiger partial charge in [-0.15, -0.1) is 11.3 Å². The summed E-state index contributed by atoms with van der Waals surface area (Å²) in [5.74, 6) is -0.871. The second-order valence-electron chi connectivity index (χ2n) is 4.33. The summed E-state index contributed by atoms with van der Waals surface area (Å²) >= 11 is 1.25. The number of carbonyl (C=O) groups is 1. The number of hydrogen-bond acceptors (Lipinski definition) is 4. The molecule has 106 valence electrons. The van der Waals surface area contributed by atoms with Gasteiger partial charge in [0.05, 0.1) is 6.61 Å². The second kappa shape index (κ2) is 7.07. The molecule has 0 unspecified atom stereocenters. The Hall–Kier alpha value is -1.85. The molecule has 1 aromatic heterocycles. The zero-order valence-corrected chi connectivity index (χ0v) is 12.1. The third kappa shape index (κ3) is 3.59. The lowest BCUT2D eigenvalue weighted by Crippen LogP contribution is -2.06. The smallest absolute Gasteiger partial charge is 0.346 e. The number of ether oxygens (including phenoxy) is 1. The predicted octanol–water partition coefficient (Wildman–Crippen LogP) is 3.25. The van der Waals surface area contributed by atoms with E-state index in [2.05, 4.69) is 5.32 Å². The van der Waals surface area contributed by atoms with E-state index in [1.165, 1.54) is 16.9 Å². The van der Waals surface area contributed by atoms with Crippen LogP contribution in [-0.2, 0) is 17.7 Å². The Morgan fingerprint density at radius 2 is 2.10 bits per heavy atom. The molecular weight excluding hydrogens is 274 g/mol. The van der Waals surface area contributed by atoms with Gasteiger partial charge in [0, 0.05) is 19.3 Å². The van der Waals surface area contributed by atoms with Gasteiger partial charge in [0.1, 0.15) is 4.88 Å². The first-order valence-electron chi connectivity index (χ1n) is 6.32. The molecule has 0 saturated heterocycles. The standard InChI is InChI=1S/C15H17NO3S/c1-19-8-6-11-4-2-3-5-13(11)16-10-12-7-9-20-14(12)15(17)18/h2-5,7,9,16H,6,8,10H2,1H3,(H,17,18). The van der Waals surface area contributed by atoms with Crippen molar-refractivity contribution in [2.24, 2.45) is 0 Å². The highest BCUT2D eigenvalue weighted by Gasteiger charge is 2.11. The van der Waals surface area contributed by atoms with Crippen molar-refractivity contribution in [1.29, 1.82) is 0 Å². The van der Waals surface area contributed by atoms with Crippen molar-refractivity contribution in [2.75, 3.05) is 19.0 Å². The van der Waals surface area contributed by atoms with Gasteiger partial charge < -0.3 is 15.2 Å². The van der Waals surface area contributed by atoms with E-state index in [0.29, 0.717) is 18.0 Å². The van der Waals surface area contributed by atoms with Crippen molar-refractivity contribution in [3.05, 3.63) is 51.7 Å².